The summed E-state index contributed by atoms with van der Waals surface area (Å²) in [4.78, 5) is 0. The minimum absolute atomic E-state index is 0.331. The van der Waals surface area contributed by atoms with Gasteiger partial charge in [-0.2, -0.15) is 0 Å². The lowest BCUT2D eigenvalue weighted by atomic mass is 9.95. The molecule has 1 N–H and O–H groups in total. The molecule has 0 fully saturated rings. The molecule has 0 saturated heterocycles. The van der Waals surface area contributed by atoms with E-state index in [1.165, 1.54) is 17.5 Å². The Morgan fingerprint density at radius 2 is 2.11 bits per heavy atom. The first-order valence-corrected chi connectivity index (χ1v) is 7.12. The molecule has 18 heavy (non-hydrogen) atoms. The van der Waals surface area contributed by atoms with Crippen LogP contribution >= 0.6 is 11.6 Å². The Kier molecular flexibility index (Phi) is 4.52. The number of benzene rings is 1. The lowest BCUT2D eigenvalue weighted by Crippen LogP contribution is -2.17. The molecule has 1 unspecified atom stereocenters. The molecule has 0 amide bonds. The van der Waals surface area contributed by atoms with Crippen LogP contribution in [-0.4, -0.2) is 13.7 Å². The maximum atomic E-state index is 6.21. The van der Waals surface area contributed by atoms with Crippen LogP contribution in [0.4, 0.5) is 0 Å². The molecule has 0 bridgehead atoms. The normalized spacial score (nSPS) is 15.6. The molecule has 2 rings (SSSR count). The summed E-state index contributed by atoms with van der Waals surface area (Å²) in [6, 6.07) is 4.41. The molecular weight excluding hydrogens is 246 g/mol. The Labute approximate surface area is 115 Å². The third-order valence-electron chi connectivity index (χ3n) is 3.53. The van der Waals surface area contributed by atoms with Crippen molar-refractivity contribution in [2.45, 2.75) is 39.2 Å². The number of rotatable bonds is 5. The fourth-order valence-electron chi connectivity index (χ4n) is 2.51. The number of hydrogen-bond acceptors (Lipinski definition) is 2. The molecule has 2 nitrogen and oxygen atoms in total. The van der Waals surface area contributed by atoms with Gasteiger partial charge in [0.15, 0.2) is 0 Å². The van der Waals surface area contributed by atoms with Crippen molar-refractivity contribution in [2.75, 3.05) is 13.7 Å². The van der Waals surface area contributed by atoms with E-state index in [9.17, 15) is 0 Å². The molecule has 1 atom stereocenters. The van der Waals surface area contributed by atoms with Crippen molar-refractivity contribution in [1.82, 2.24) is 5.32 Å². The van der Waals surface area contributed by atoms with Crippen LogP contribution in [0.25, 0.3) is 0 Å². The van der Waals surface area contributed by atoms with Crippen molar-refractivity contribution in [2.24, 2.45) is 5.92 Å². The highest BCUT2D eigenvalue weighted by atomic mass is 35.5. The molecule has 1 aliphatic heterocycles. The largest absolute Gasteiger partial charge is 0.493 e. The number of hydrogen-bond donors (Lipinski definition) is 1. The zero-order valence-electron chi connectivity index (χ0n) is 11.4. The molecule has 3 heteroatoms. The minimum atomic E-state index is 0.331. The maximum absolute atomic E-state index is 6.21. The summed E-state index contributed by atoms with van der Waals surface area (Å²) >= 11 is 6.21. The smallest absolute Gasteiger partial charge is 0.127 e. The second-order valence-electron chi connectivity index (χ2n) is 5.39. The molecule has 0 radical (unpaired) electrons. The van der Waals surface area contributed by atoms with E-state index < -0.39 is 0 Å². The Bertz CT molecular complexity index is 417. The Morgan fingerprint density at radius 1 is 1.33 bits per heavy atom. The number of ether oxygens (including phenoxy) is 1. The average molecular weight is 268 g/mol. The predicted molar refractivity (Wildman–Crippen MR) is 76.5 cm³/mol. The summed E-state index contributed by atoms with van der Waals surface area (Å²) in [5.41, 5.74) is 2.47. The van der Waals surface area contributed by atoms with Gasteiger partial charge in [0.05, 0.1) is 6.61 Å². The molecule has 0 saturated carbocycles. The van der Waals surface area contributed by atoms with Gasteiger partial charge in [-0.1, -0.05) is 25.4 Å². The van der Waals surface area contributed by atoms with E-state index in [1.807, 2.05) is 19.2 Å². The fraction of sp³-hybridized carbons (Fsp3) is 0.600. The van der Waals surface area contributed by atoms with E-state index in [-0.39, 0.29) is 0 Å². The van der Waals surface area contributed by atoms with Crippen LogP contribution in [-0.2, 0) is 6.42 Å². The van der Waals surface area contributed by atoms with Gasteiger partial charge in [-0.05, 0) is 43.5 Å². The van der Waals surface area contributed by atoms with Gasteiger partial charge >= 0.3 is 0 Å². The molecule has 1 heterocycles. The van der Waals surface area contributed by atoms with Gasteiger partial charge in [0.2, 0.25) is 0 Å². The summed E-state index contributed by atoms with van der Waals surface area (Å²) in [6.45, 7) is 5.29. The zero-order chi connectivity index (χ0) is 13.1. The maximum Gasteiger partial charge on any atom is 0.127 e. The van der Waals surface area contributed by atoms with E-state index in [2.05, 4.69) is 19.2 Å². The molecule has 1 aliphatic rings. The van der Waals surface area contributed by atoms with Crippen LogP contribution < -0.4 is 10.1 Å². The Balaban J connectivity index is 2.25. The summed E-state index contributed by atoms with van der Waals surface area (Å²) < 4.78 is 5.78. The quantitative estimate of drug-likeness (QED) is 0.872. The van der Waals surface area contributed by atoms with Gasteiger partial charge < -0.3 is 10.1 Å². The van der Waals surface area contributed by atoms with Crippen LogP contribution in [0.3, 0.4) is 0 Å². The minimum Gasteiger partial charge on any atom is -0.493 e. The van der Waals surface area contributed by atoms with Crippen molar-refractivity contribution >= 4 is 11.6 Å². The highest BCUT2D eigenvalue weighted by molar-refractivity contribution is 6.30. The van der Waals surface area contributed by atoms with E-state index in [1.54, 1.807) is 0 Å². The zero-order valence-corrected chi connectivity index (χ0v) is 12.2. The van der Waals surface area contributed by atoms with Crippen LogP contribution in [0.15, 0.2) is 12.1 Å². The van der Waals surface area contributed by atoms with Crippen molar-refractivity contribution in [1.29, 1.82) is 0 Å². The molecule has 100 valence electrons. The van der Waals surface area contributed by atoms with Crippen LogP contribution in [0, 0.1) is 5.92 Å². The second-order valence-corrected chi connectivity index (χ2v) is 5.83. The highest BCUT2D eigenvalue weighted by Gasteiger charge is 2.22. The first-order chi connectivity index (χ1) is 8.61. The molecular formula is C15H22ClNO. The number of fused-ring (bicyclic) bond motifs is 1. The van der Waals surface area contributed by atoms with Crippen LogP contribution in [0.2, 0.25) is 5.02 Å². The molecule has 1 aromatic carbocycles. The second kappa shape index (κ2) is 5.94. The van der Waals surface area contributed by atoms with Gasteiger partial charge in [0, 0.05) is 23.0 Å². The van der Waals surface area contributed by atoms with Gasteiger partial charge in [-0.3, -0.25) is 0 Å². The fourth-order valence-corrected chi connectivity index (χ4v) is 2.76. The molecule has 0 aromatic heterocycles. The van der Waals surface area contributed by atoms with Crippen molar-refractivity contribution in [3.8, 4) is 5.75 Å². The highest BCUT2D eigenvalue weighted by Crippen LogP contribution is 2.37. The summed E-state index contributed by atoms with van der Waals surface area (Å²) in [7, 11) is 2.01. The van der Waals surface area contributed by atoms with Crippen molar-refractivity contribution < 1.29 is 4.74 Å². The standard InChI is InChI=1S/C15H22ClNO/c1-10(2)4-5-14(17-3)13-9-12(16)8-11-6-7-18-15(11)13/h8-10,14,17H,4-7H2,1-3H3. The number of halogens is 1. The van der Waals surface area contributed by atoms with Gasteiger partial charge in [-0.15, -0.1) is 0 Å². The summed E-state index contributed by atoms with van der Waals surface area (Å²) in [5.74, 6) is 1.77. The third-order valence-corrected chi connectivity index (χ3v) is 3.75. The predicted octanol–water partition coefficient (Wildman–Crippen LogP) is 3.97. The molecule has 1 aromatic rings. The van der Waals surface area contributed by atoms with E-state index in [0.29, 0.717) is 12.0 Å². The lowest BCUT2D eigenvalue weighted by molar-refractivity contribution is 0.346. The first-order valence-electron chi connectivity index (χ1n) is 6.74. The van der Waals surface area contributed by atoms with Crippen molar-refractivity contribution in [3.05, 3.63) is 28.3 Å². The topological polar surface area (TPSA) is 21.3 Å². The summed E-state index contributed by atoms with van der Waals surface area (Å²) in [5, 5.41) is 4.21. The van der Waals surface area contributed by atoms with E-state index in [4.69, 9.17) is 16.3 Å². The van der Waals surface area contributed by atoms with Crippen LogP contribution in [0.1, 0.15) is 43.9 Å². The summed E-state index contributed by atoms with van der Waals surface area (Å²) in [6.07, 6.45) is 3.29. The SMILES string of the molecule is CNC(CCC(C)C)c1cc(Cl)cc2c1OCC2. The Morgan fingerprint density at radius 3 is 2.78 bits per heavy atom. The monoisotopic (exact) mass is 267 g/mol. The molecule has 0 aliphatic carbocycles. The first kappa shape index (κ1) is 13.7. The third kappa shape index (κ3) is 2.99. The van der Waals surface area contributed by atoms with Gasteiger partial charge in [0.25, 0.3) is 0 Å². The molecule has 0 spiro atoms. The number of nitrogens with one attached hydrogen (secondary N) is 1. The van der Waals surface area contributed by atoms with Crippen LogP contribution in [0.5, 0.6) is 5.75 Å². The Hall–Kier alpha value is -0.730. The van der Waals surface area contributed by atoms with E-state index in [0.717, 1.165) is 30.2 Å². The van der Waals surface area contributed by atoms with Gasteiger partial charge in [0.1, 0.15) is 5.75 Å². The van der Waals surface area contributed by atoms with Gasteiger partial charge in [-0.25, -0.2) is 0 Å². The van der Waals surface area contributed by atoms with Crippen molar-refractivity contribution in [3.63, 3.8) is 0 Å². The lowest BCUT2D eigenvalue weighted by Gasteiger charge is -2.20. The average Bonchev–Trinajstić information content (AvgIpc) is 2.77. The van der Waals surface area contributed by atoms with E-state index >= 15 is 0 Å².